The molecule has 0 radical (unpaired) electrons. The first-order valence-corrected chi connectivity index (χ1v) is 11.2. The highest BCUT2D eigenvalue weighted by Gasteiger charge is 2.24. The highest BCUT2D eigenvalue weighted by molar-refractivity contribution is 7.98. The van der Waals surface area contributed by atoms with E-state index in [1.54, 1.807) is 6.07 Å². The van der Waals surface area contributed by atoms with Crippen LogP contribution in [0.5, 0.6) is 0 Å². The normalized spacial score (nSPS) is 11.3. The predicted molar refractivity (Wildman–Crippen MR) is 123 cm³/mol. The van der Waals surface area contributed by atoms with Crippen LogP contribution in [0, 0.1) is 24.0 Å². The van der Waals surface area contributed by atoms with Crippen molar-refractivity contribution in [3.63, 3.8) is 0 Å². The maximum Gasteiger partial charge on any atom is 0.329 e. The van der Waals surface area contributed by atoms with Crippen molar-refractivity contribution in [1.82, 2.24) is 5.32 Å². The number of thioether (sulfide) groups is 1. The minimum absolute atomic E-state index is 0.0498. The summed E-state index contributed by atoms with van der Waals surface area (Å²) < 4.78 is 5.12. The van der Waals surface area contributed by atoms with Crippen molar-refractivity contribution in [2.75, 3.05) is 23.9 Å². The van der Waals surface area contributed by atoms with Gasteiger partial charge in [-0.3, -0.25) is 19.7 Å². The third-order valence-electron chi connectivity index (χ3n) is 4.74. The second-order valence-corrected chi connectivity index (χ2v) is 8.00. The van der Waals surface area contributed by atoms with E-state index >= 15 is 0 Å². The lowest BCUT2D eigenvalue weighted by Crippen LogP contribution is -2.43. The van der Waals surface area contributed by atoms with Gasteiger partial charge in [0.15, 0.2) is 6.61 Å². The van der Waals surface area contributed by atoms with Crippen LogP contribution in [0.4, 0.5) is 11.4 Å². The Morgan fingerprint density at radius 1 is 1.16 bits per heavy atom. The van der Waals surface area contributed by atoms with Crippen LogP contribution in [0.25, 0.3) is 0 Å². The number of aryl methyl sites for hydroxylation is 1. The molecule has 2 amide bonds. The Hall–Kier alpha value is -3.40. The number of amides is 2. The molecular formula is C22H25N3O6S. The van der Waals surface area contributed by atoms with Gasteiger partial charge in [-0.05, 0) is 55.5 Å². The van der Waals surface area contributed by atoms with Gasteiger partial charge in [0.1, 0.15) is 6.04 Å². The summed E-state index contributed by atoms with van der Waals surface area (Å²) in [5, 5.41) is 16.2. The Kier molecular flexibility index (Phi) is 9.21. The molecule has 32 heavy (non-hydrogen) atoms. The number of benzene rings is 2. The largest absolute Gasteiger partial charge is 0.454 e. The summed E-state index contributed by atoms with van der Waals surface area (Å²) in [6.07, 6.45) is 2.13. The van der Waals surface area contributed by atoms with Crippen LogP contribution >= 0.6 is 11.8 Å². The zero-order chi connectivity index (χ0) is 23.7. The van der Waals surface area contributed by atoms with Crippen LogP contribution in [-0.4, -0.2) is 47.4 Å². The molecule has 2 aromatic carbocycles. The summed E-state index contributed by atoms with van der Waals surface area (Å²) in [7, 11) is 0. The number of nitrogens with zero attached hydrogens (tertiary/aromatic N) is 1. The molecule has 2 rings (SSSR count). The van der Waals surface area contributed by atoms with E-state index in [1.807, 2.05) is 32.2 Å². The Morgan fingerprint density at radius 3 is 2.56 bits per heavy atom. The summed E-state index contributed by atoms with van der Waals surface area (Å²) in [5.41, 5.74) is 2.37. The van der Waals surface area contributed by atoms with Gasteiger partial charge >= 0.3 is 5.97 Å². The van der Waals surface area contributed by atoms with Crippen LogP contribution in [0.15, 0.2) is 42.5 Å². The molecule has 1 atom stereocenters. The molecule has 0 saturated heterocycles. The second kappa shape index (κ2) is 11.8. The molecular weight excluding hydrogens is 434 g/mol. The SMILES string of the molecule is CSCCC(NC(=O)c1cccc([N+](=O)[O-])c1)C(=O)OCC(=O)Nc1cccc(C)c1C. The lowest BCUT2D eigenvalue weighted by molar-refractivity contribution is -0.384. The van der Waals surface area contributed by atoms with E-state index < -0.39 is 35.4 Å². The lowest BCUT2D eigenvalue weighted by atomic mass is 10.1. The third-order valence-corrected chi connectivity index (χ3v) is 5.39. The molecule has 10 heteroatoms. The molecule has 0 heterocycles. The number of rotatable bonds is 10. The highest BCUT2D eigenvalue weighted by atomic mass is 32.2. The summed E-state index contributed by atoms with van der Waals surface area (Å²) in [4.78, 5) is 47.6. The number of non-ortho nitro benzene ring substituents is 1. The van der Waals surface area contributed by atoms with Gasteiger partial charge < -0.3 is 15.4 Å². The fraction of sp³-hybridized carbons (Fsp3) is 0.318. The van der Waals surface area contributed by atoms with Crippen LogP contribution in [0.3, 0.4) is 0 Å². The highest BCUT2D eigenvalue weighted by Crippen LogP contribution is 2.18. The smallest absolute Gasteiger partial charge is 0.329 e. The zero-order valence-corrected chi connectivity index (χ0v) is 18.9. The minimum atomic E-state index is -0.997. The molecule has 2 N–H and O–H groups in total. The molecule has 0 aliphatic rings. The number of nitro groups is 1. The minimum Gasteiger partial charge on any atom is -0.454 e. The van der Waals surface area contributed by atoms with E-state index in [1.165, 1.54) is 30.0 Å². The Labute approximate surface area is 190 Å². The van der Waals surface area contributed by atoms with E-state index in [9.17, 15) is 24.5 Å². The molecule has 9 nitrogen and oxygen atoms in total. The molecule has 0 bridgehead atoms. The first-order valence-electron chi connectivity index (χ1n) is 9.80. The molecule has 0 fully saturated rings. The molecule has 2 aromatic rings. The van der Waals surface area contributed by atoms with Gasteiger partial charge in [0.05, 0.1) is 4.92 Å². The predicted octanol–water partition coefficient (Wildman–Crippen LogP) is 3.25. The van der Waals surface area contributed by atoms with Crippen molar-refractivity contribution < 1.29 is 24.0 Å². The van der Waals surface area contributed by atoms with E-state index in [2.05, 4.69) is 10.6 Å². The quantitative estimate of drug-likeness (QED) is 0.317. The van der Waals surface area contributed by atoms with Crippen molar-refractivity contribution in [1.29, 1.82) is 0 Å². The number of anilines is 1. The van der Waals surface area contributed by atoms with Gasteiger partial charge in [-0.1, -0.05) is 18.2 Å². The van der Waals surface area contributed by atoms with Crippen LogP contribution in [-0.2, 0) is 14.3 Å². The fourth-order valence-corrected chi connectivity index (χ4v) is 3.27. The maximum atomic E-state index is 12.5. The van der Waals surface area contributed by atoms with Crippen molar-refractivity contribution in [2.45, 2.75) is 26.3 Å². The summed E-state index contributed by atoms with van der Waals surface area (Å²) in [5.74, 6) is -1.34. The Balaban J connectivity index is 2.00. The first-order chi connectivity index (χ1) is 15.2. The van der Waals surface area contributed by atoms with Gasteiger partial charge in [0.2, 0.25) is 0 Å². The zero-order valence-electron chi connectivity index (χ0n) is 18.0. The number of esters is 1. The number of carbonyl (C=O) groups excluding carboxylic acids is 3. The van der Waals surface area contributed by atoms with E-state index in [0.29, 0.717) is 11.4 Å². The lowest BCUT2D eigenvalue weighted by Gasteiger charge is -2.17. The van der Waals surface area contributed by atoms with E-state index in [0.717, 1.165) is 17.2 Å². The molecule has 170 valence electrons. The van der Waals surface area contributed by atoms with Gasteiger partial charge in [-0.25, -0.2) is 4.79 Å². The number of nitro benzene ring substituents is 1. The second-order valence-electron chi connectivity index (χ2n) is 7.02. The number of hydrogen-bond donors (Lipinski definition) is 2. The van der Waals surface area contributed by atoms with Crippen molar-refractivity contribution in [2.24, 2.45) is 0 Å². The van der Waals surface area contributed by atoms with Crippen LogP contribution < -0.4 is 10.6 Å². The monoisotopic (exact) mass is 459 g/mol. The average Bonchev–Trinajstić information content (AvgIpc) is 2.78. The number of ether oxygens (including phenoxy) is 1. The average molecular weight is 460 g/mol. The molecule has 0 spiro atoms. The van der Waals surface area contributed by atoms with Gasteiger partial charge in [-0.15, -0.1) is 0 Å². The van der Waals surface area contributed by atoms with Crippen molar-refractivity contribution in [3.05, 3.63) is 69.3 Å². The first kappa shape index (κ1) is 24.9. The maximum absolute atomic E-state index is 12.5. The molecule has 1 unspecified atom stereocenters. The van der Waals surface area contributed by atoms with Crippen molar-refractivity contribution in [3.8, 4) is 0 Å². The molecule has 0 aliphatic heterocycles. The van der Waals surface area contributed by atoms with Gasteiger partial charge in [0.25, 0.3) is 17.5 Å². The number of carbonyl (C=O) groups is 3. The third kappa shape index (κ3) is 7.09. The van der Waals surface area contributed by atoms with E-state index in [4.69, 9.17) is 4.74 Å². The number of hydrogen-bond acceptors (Lipinski definition) is 7. The summed E-state index contributed by atoms with van der Waals surface area (Å²) in [6, 6.07) is 9.69. The number of nitrogens with one attached hydrogen (secondary N) is 2. The Morgan fingerprint density at radius 2 is 1.88 bits per heavy atom. The molecule has 0 aliphatic carbocycles. The van der Waals surface area contributed by atoms with Gasteiger partial charge in [0, 0.05) is 23.4 Å². The van der Waals surface area contributed by atoms with Crippen molar-refractivity contribution >= 4 is 40.9 Å². The standard InChI is InChI=1S/C22H25N3O6S/c1-14-6-4-9-18(15(14)2)23-20(26)13-31-22(28)19(10-11-32-3)24-21(27)16-7-5-8-17(12-16)25(29)30/h4-9,12,19H,10-11,13H2,1-3H3,(H,23,26)(H,24,27). The summed E-state index contributed by atoms with van der Waals surface area (Å²) >= 11 is 1.48. The Bertz CT molecular complexity index is 1010. The van der Waals surface area contributed by atoms with Gasteiger partial charge in [-0.2, -0.15) is 11.8 Å². The fourth-order valence-electron chi connectivity index (χ4n) is 2.80. The summed E-state index contributed by atoms with van der Waals surface area (Å²) in [6.45, 7) is 3.29. The van der Waals surface area contributed by atoms with Crippen LogP contribution in [0.1, 0.15) is 27.9 Å². The van der Waals surface area contributed by atoms with E-state index in [-0.39, 0.29) is 17.7 Å². The molecule has 0 saturated carbocycles. The van der Waals surface area contributed by atoms with Crippen LogP contribution in [0.2, 0.25) is 0 Å². The molecule has 0 aromatic heterocycles. The topological polar surface area (TPSA) is 128 Å².